The van der Waals surface area contributed by atoms with Crippen molar-refractivity contribution < 1.29 is 32.2 Å². The van der Waals surface area contributed by atoms with Crippen LogP contribution < -0.4 is 0 Å². The molecule has 2 aromatic rings. The molecule has 1 atom stereocenters. The van der Waals surface area contributed by atoms with Crippen molar-refractivity contribution in [1.29, 1.82) is 0 Å². The summed E-state index contributed by atoms with van der Waals surface area (Å²) in [6.07, 6.45) is -6.35. The fourth-order valence-electron chi connectivity index (χ4n) is 3.23. The zero-order chi connectivity index (χ0) is 19.7. The smallest absolute Gasteiger partial charge is 0.427 e. The molecule has 1 aliphatic rings. The molecule has 0 aliphatic carbocycles. The molecule has 3 rings (SSSR count). The third kappa shape index (κ3) is 3.01. The second-order valence-electron chi connectivity index (χ2n) is 5.98. The van der Waals surface area contributed by atoms with E-state index in [1.165, 1.54) is 24.3 Å². The van der Waals surface area contributed by atoms with Crippen molar-refractivity contribution in [3.05, 3.63) is 71.3 Å². The lowest BCUT2D eigenvalue weighted by atomic mass is 9.89. The van der Waals surface area contributed by atoms with Crippen molar-refractivity contribution in [2.24, 2.45) is 0 Å². The van der Waals surface area contributed by atoms with Crippen molar-refractivity contribution in [2.75, 3.05) is 7.11 Å². The number of fused-ring (bicyclic) bond motifs is 1. The lowest BCUT2D eigenvalue weighted by Gasteiger charge is -2.37. The Morgan fingerprint density at radius 1 is 1.07 bits per heavy atom. The van der Waals surface area contributed by atoms with Crippen LogP contribution in [0.2, 0.25) is 0 Å². The fraction of sp³-hybridized carbons (Fsp3) is 0.263. The van der Waals surface area contributed by atoms with Crippen LogP contribution in [0.1, 0.15) is 16.7 Å². The average Bonchev–Trinajstić information content (AvgIpc) is 3.02. The third-order valence-electron chi connectivity index (χ3n) is 4.46. The zero-order valence-electron chi connectivity index (χ0n) is 14.3. The monoisotopic (exact) mass is 379 g/mol. The van der Waals surface area contributed by atoms with Crippen molar-refractivity contribution in [2.45, 2.75) is 24.9 Å². The second kappa shape index (κ2) is 6.94. The number of nitrogens with zero attached hydrogens (tertiary/aromatic N) is 1. The van der Waals surface area contributed by atoms with Crippen molar-refractivity contribution in [1.82, 2.24) is 4.90 Å². The quantitative estimate of drug-likeness (QED) is 0.762. The highest BCUT2D eigenvalue weighted by Gasteiger charge is 2.71. The standard InChI is InChI=1S/C19H16F3NO4/c1-26-16(24)18(19(20,21)22)15-10-6-5-9-14(15)11-23(18)17(25)27-12-13-7-3-2-4-8-13/h2-10H,11-12H2,1H3. The van der Waals surface area contributed by atoms with Crippen molar-refractivity contribution in [3.63, 3.8) is 0 Å². The molecule has 0 radical (unpaired) electrons. The lowest BCUT2D eigenvalue weighted by molar-refractivity contribution is -0.236. The lowest BCUT2D eigenvalue weighted by Crippen LogP contribution is -2.60. The van der Waals surface area contributed by atoms with Gasteiger partial charge in [0.05, 0.1) is 13.7 Å². The molecule has 0 aromatic heterocycles. The van der Waals surface area contributed by atoms with Gasteiger partial charge < -0.3 is 9.47 Å². The van der Waals surface area contributed by atoms with Crippen LogP contribution in [0.3, 0.4) is 0 Å². The summed E-state index contributed by atoms with van der Waals surface area (Å²) in [5.74, 6) is -1.59. The van der Waals surface area contributed by atoms with E-state index in [-0.39, 0.29) is 17.7 Å². The molecule has 8 heteroatoms. The maximum absolute atomic E-state index is 14.2. The summed E-state index contributed by atoms with van der Waals surface area (Å²) in [7, 11) is 0.851. The Kier molecular flexibility index (Phi) is 4.82. The molecule has 0 fully saturated rings. The van der Waals surface area contributed by atoms with Gasteiger partial charge in [-0.15, -0.1) is 0 Å². The number of esters is 1. The van der Waals surface area contributed by atoms with Crippen LogP contribution in [0.4, 0.5) is 18.0 Å². The first-order chi connectivity index (χ1) is 12.8. The van der Waals surface area contributed by atoms with Gasteiger partial charge in [-0.2, -0.15) is 13.2 Å². The summed E-state index contributed by atoms with van der Waals surface area (Å²) in [5, 5.41) is 0. The van der Waals surface area contributed by atoms with Crippen molar-refractivity contribution in [3.8, 4) is 0 Å². The van der Waals surface area contributed by atoms with Crippen LogP contribution in [-0.2, 0) is 33.0 Å². The van der Waals surface area contributed by atoms with Gasteiger partial charge in [0.15, 0.2) is 0 Å². The van der Waals surface area contributed by atoms with Crippen LogP contribution in [0, 0.1) is 0 Å². The van der Waals surface area contributed by atoms with Gasteiger partial charge in [0.1, 0.15) is 6.61 Å². The Morgan fingerprint density at radius 3 is 2.33 bits per heavy atom. The largest absolute Gasteiger partial charge is 0.467 e. The second-order valence-corrected chi connectivity index (χ2v) is 5.98. The van der Waals surface area contributed by atoms with Gasteiger partial charge in [0, 0.05) is 5.56 Å². The van der Waals surface area contributed by atoms with E-state index < -0.39 is 30.3 Å². The molecule has 0 saturated carbocycles. The summed E-state index contributed by atoms with van der Waals surface area (Å²) in [6.45, 7) is -0.639. The Labute approximate surface area is 153 Å². The van der Waals surface area contributed by atoms with E-state index in [1.807, 2.05) is 0 Å². The van der Waals surface area contributed by atoms with Gasteiger partial charge in [-0.25, -0.2) is 9.59 Å². The number of hydrogen-bond acceptors (Lipinski definition) is 4. The van der Waals surface area contributed by atoms with Gasteiger partial charge in [-0.3, -0.25) is 4.90 Å². The van der Waals surface area contributed by atoms with Gasteiger partial charge in [0.25, 0.3) is 5.54 Å². The molecule has 1 aliphatic heterocycles. The number of carbonyl (C=O) groups excluding carboxylic acids is 2. The van der Waals surface area contributed by atoms with Gasteiger partial charge in [0.2, 0.25) is 0 Å². The van der Waals surface area contributed by atoms with Crippen LogP contribution in [0.25, 0.3) is 0 Å². The number of amides is 1. The number of alkyl halides is 3. The van der Waals surface area contributed by atoms with E-state index in [9.17, 15) is 22.8 Å². The molecule has 0 N–H and O–H groups in total. The number of halogens is 3. The molecule has 1 unspecified atom stereocenters. The average molecular weight is 379 g/mol. The predicted octanol–water partition coefficient (Wildman–Crippen LogP) is 3.77. The minimum absolute atomic E-state index is 0.205. The molecule has 1 amide bonds. The predicted molar refractivity (Wildman–Crippen MR) is 88.4 cm³/mol. The van der Waals surface area contributed by atoms with E-state index in [0.29, 0.717) is 10.5 Å². The summed E-state index contributed by atoms with van der Waals surface area (Å²) >= 11 is 0. The first kappa shape index (κ1) is 18.8. The van der Waals surface area contributed by atoms with Crippen molar-refractivity contribution >= 4 is 12.1 Å². The Bertz CT molecular complexity index is 854. The van der Waals surface area contributed by atoms with Crippen LogP contribution >= 0.6 is 0 Å². The Hall–Kier alpha value is -3.03. The molecule has 5 nitrogen and oxygen atoms in total. The molecule has 0 bridgehead atoms. The van der Waals surface area contributed by atoms with Gasteiger partial charge in [-0.05, 0) is 11.1 Å². The number of ether oxygens (including phenoxy) is 2. The molecule has 1 heterocycles. The third-order valence-corrected chi connectivity index (χ3v) is 4.46. The molecule has 0 spiro atoms. The van der Waals surface area contributed by atoms with E-state index in [2.05, 4.69) is 4.74 Å². The highest BCUT2D eigenvalue weighted by molar-refractivity contribution is 5.90. The Balaban J connectivity index is 2.00. The molecule has 142 valence electrons. The highest BCUT2D eigenvalue weighted by Crippen LogP contribution is 2.51. The molecule has 2 aromatic carbocycles. The van der Waals surface area contributed by atoms with E-state index in [4.69, 9.17) is 4.74 Å². The van der Waals surface area contributed by atoms with Crippen LogP contribution in [0.5, 0.6) is 0 Å². The molecule has 27 heavy (non-hydrogen) atoms. The SMILES string of the molecule is COC(=O)C1(C(F)(F)F)c2ccccc2CN1C(=O)OCc1ccccc1. The topological polar surface area (TPSA) is 55.8 Å². The fourth-order valence-corrected chi connectivity index (χ4v) is 3.23. The maximum Gasteiger partial charge on any atom is 0.427 e. The zero-order valence-corrected chi connectivity index (χ0v) is 14.3. The highest BCUT2D eigenvalue weighted by atomic mass is 19.4. The number of benzene rings is 2. The first-order valence-electron chi connectivity index (χ1n) is 8.04. The summed E-state index contributed by atoms with van der Waals surface area (Å²) in [4.78, 5) is 25.3. The van der Waals surface area contributed by atoms with Gasteiger partial charge >= 0.3 is 18.2 Å². The first-order valence-corrected chi connectivity index (χ1v) is 8.04. The number of methoxy groups -OCH3 is 1. The minimum Gasteiger partial charge on any atom is -0.467 e. The molecule has 0 saturated heterocycles. The Morgan fingerprint density at radius 2 is 1.70 bits per heavy atom. The molecular weight excluding hydrogens is 363 g/mol. The minimum atomic E-state index is -5.10. The van der Waals surface area contributed by atoms with E-state index in [0.717, 1.165) is 7.11 Å². The summed E-state index contributed by atoms with van der Waals surface area (Å²) in [5.41, 5.74) is -2.76. The maximum atomic E-state index is 14.2. The number of carbonyl (C=O) groups is 2. The van der Waals surface area contributed by atoms with E-state index in [1.54, 1.807) is 30.3 Å². The van der Waals surface area contributed by atoms with Crippen LogP contribution in [0.15, 0.2) is 54.6 Å². The summed E-state index contributed by atoms with van der Waals surface area (Å²) < 4.78 is 52.0. The summed E-state index contributed by atoms with van der Waals surface area (Å²) in [6, 6.07) is 14.0. The van der Waals surface area contributed by atoms with Gasteiger partial charge in [-0.1, -0.05) is 54.6 Å². The number of hydrogen-bond donors (Lipinski definition) is 0. The van der Waals surface area contributed by atoms with Crippen LogP contribution in [-0.4, -0.2) is 30.2 Å². The normalized spacial score (nSPS) is 18.7. The molecular formula is C19H16F3NO4. The number of rotatable bonds is 3. The van der Waals surface area contributed by atoms with E-state index >= 15 is 0 Å².